The van der Waals surface area contributed by atoms with E-state index in [1.165, 1.54) is 77.9 Å². The third kappa shape index (κ3) is 3.80. The van der Waals surface area contributed by atoms with Crippen LogP contribution in [0, 0.1) is 0 Å². The number of benzene rings is 4. The average molecular weight is 509 g/mol. The Morgan fingerprint density at radius 2 is 1.34 bits per heavy atom. The summed E-state index contributed by atoms with van der Waals surface area (Å²) in [7, 11) is -1.70. The maximum Gasteiger partial charge on any atom is 0.0788 e. The molecule has 0 spiro atoms. The summed E-state index contributed by atoms with van der Waals surface area (Å²) in [4.78, 5) is 2.76. The van der Waals surface area contributed by atoms with Crippen molar-refractivity contribution in [3.63, 3.8) is 0 Å². The highest BCUT2D eigenvalue weighted by atomic mass is 32.2. The number of unbranched alkanes of at least 4 members (excludes halogenated alkanes) is 2. The number of hydrogen-bond acceptors (Lipinski definition) is 2. The average Bonchev–Trinajstić information content (AvgIpc) is 3.17. The molecule has 0 aliphatic carbocycles. The molecule has 4 aromatic carbocycles. The van der Waals surface area contributed by atoms with Crippen LogP contribution in [0.5, 0.6) is 0 Å². The maximum atomic E-state index is 2.55. The van der Waals surface area contributed by atoms with Crippen molar-refractivity contribution in [1.29, 1.82) is 0 Å². The van der Waals surface area contributed by atoms with Crippen LogP contribution >= 0.6 is 23.1 Å². The van der Waals surface area contributed by atoms with Crippen molar-refractivity contribution in [2.24, 2.45) is 0 Å². The molecule has 6 rings (SSSR count). The molecule has 3 heteroatoms. The molecule has 0 bridgehead atoms. The van der Waals surface area contributed by atoms with Crippen molar-refractivity contribution in [1.82, 2.24) is 0 Å². The minimum absolute atomic E-state index is 1.18. The Kier molecular flexibility index (Phi) is 5.91. The van der Waals surface area contributed by atoms with Gasteiger partial charge >= 0.3 is 0 Å². The standard InChI is InChI=1S/C32H32S2Si/c1-5-6-7-17-24-31-29(22-15-9-13-20-27(22)34-31)28-21-14-8-11-18-25(21)33-26-19-12-10-16-23(26)30(28)32(24)35(2,3)4/h8-16,18-20H,5-7,17H2,1-4H3. The summed E-state index contributed by atoms with van der Waals surface area (Å²) in [6, 6.07) is 27.3. The third-order valence-corrected chi connectivity index (χ3v) is 11.7. The van der Waals surface area contributed by atoms with Crippen molar-refractivity contribution < 1.29 is 0 Å². The Hall–Kier alpha value is -2.33. The van der Waals surface area contributed by atoms with Crippen molar-refractivity contribution >= 4 is 56.5 Å². The molecule has 1 aliphatic heterocycles. The molecular formula is C32H32S2Si. The zero-order valence-corrected chi connectivity index (χ0v) is 23.7. The molecule has 0 saturated carbocycles. The summed E-state index contributed by atoms with van der Waals surface area (Å²) < 4.78 is 2.95. The van der Waals surface area contributed by atoms with Crippen molar-refractivity contribution in [2.45, 2.75) is 62.0 Å². The highest BCUT2D eigenvalue weighted by Gasteiger charge is 2.33. The van der Waals surface area contributed by atoms with Crippen LogP contribution in [0.4, 0.5) is 0 Å². The van der Waals surface area contributed by atoms with E-state index in [-0.39, 0.29) is 0 Å². The van der Waals surface area contributed by atoms with E-state index in [9.17, 15) is 0 Å². The van der Waals surface area contributed by atoms with E-state index in [4.69, 9.17) is 0 Å². The molecule has 0 N–H and O–H groups in total. The lowest BCUT2D eigenvalue weighted by Gasteiger charge is -2.29. The zero-order chi connectivity index (χ0) is 24.2. The highest BCUT2D eigenvalue weighted by Crippen LogP contribution is 2.53. The van der Waals surface area contributed by atoms with E-state index >= 15 is 0 Å². The van der Waals surface area contributed by atoms with Crippen molar-refractivity contribution in [2.75, 3.05) is 0 Å². The zero-order valence-electron chi connectivity index (χ0n) is 21.1. The summed E-state index contributed by atoms with van der Waals surface area (Å²) in [5.74, 6) is 0. The lowest BCUT2D eigenvalue weighted by atomic mass is 9.87. The van der Waals surface area contributed by atoms with E-state index in [0.29, 0.717) is 0 Å². The van der Waals surface area contributed by atoms with E-state index in [2.05, 4.69) is 99.4 Å². The minimum atomic E-state index is -1.70. The predicted octanol–water partition coefficient (Wildman–Crippen LogP) is 10.1. The SMILES string of the molecule is CCCCCc1c([Si](C)(C)C)c2c(c3c1sc1ccccc13)-c1ccccc1Sc1ccccc1-2. The number of fused-ring (bicyclic) bond motifs is 9. The molecule has 5 aromatic rings. The Balaban J connectivity index is 1.89. The lowest BCUT2D eigenvalue weighted by Crippen LogP contribution is -2.42. The quantitative estimate of drug-likeness (QED) is 0.165. The second-order valence-corrected chi connectivity index (χ2v) is 17.8. The van der Waals surface area contributed by atoms with Gasteiger partial charge < -0.3 is 0 Å². The summed E-state index contributed by atoms with van der Waals surface area (Å²) in [5.41, 5.74) is 7.47. The van der Waals surface area contributed by atoms with Gasteiger partial charge in [0.2, 0.25) is 0 Å². The van der Waals surface area contributed by atoms with Crippen LogP contribution in [0.3, 0.4) is 0 Å². The predicted molar refractivity (Wildman–Crippen MR) is 161 cm³/mol. The first kappa shape index (κ1) is 23.1. The Bertz CT molecular complexity index is 1570. The van der Waals surface area contributed by atoms with Crippen LogP contribution in [0.25, 0.3) is 42.4 Å². The van der Waals surface area contributed by atoms with Gasteiger partial charge in [0.25, 0.3) is 0 Å². The first-order valence-corrected chi connectivity index (χ1v) is 18.0. The largest absolute Gasteiger partial charge is 0.135 e. The van der Waals surface area contributed by atoms with Gasteiger partial charge in [0.05, 0.1) is 8.07 Å². The Labute approximate surface area is 218 Å². The normalized spacial score (nSPS) is 12.9. The molecule has 35 heavy (non-hydrogen) atoms. The summed E-state index contributed by atoms with van der Waals surface area (Å²) in [6.07, 6.45) is 5.00. The summed E-state index contributed by atoms with van der Waals surface area (Å²) in [5, 5.41) is 4.59. The molecule has 0 nitrogen and oxygen atoms in total. The van der Waals surface area contributed by atoms with Gasteiger partial charge in [-0.15, -0.1) is 11.3 Å². The van der Waals surface area contributed by atoms with Gasteiger partial charge in [0.15, 0.2) is 0 Å². The van der Waals surface area contributed by atoms with Crippen molar-refractivity contribution in [3.05, 3.63) is 78.4 Å². The molecule has 0 atom stereocenters. The number of thiophene rings is 1. The number of aryl methyl sites for hydroxylation is 1. The Morgan fingerprint density at radius 3 is 2.03 bits per heavy atom. The van der Waals surface area contributed by atoms with Gasteiger partial charge in [-0.05, 0) is 64.0 Å². The van der Waals surface area contributed by atoms with Crippen molar-refractivity contribution in [3.8, 4) is 22.3 Å². The number of hydrogen-bond donors (Lipinski definition) is 0. The number of rotatable bonds is 5. The molecule has 1 aliphatic rings. The van der Waals surface area contributed by atoms with Crippen LogP contribution in [0.1, 0.15) is 31.7 Å². The van der Waals surface area contributed by atoms with Gasteiger partial charge in [-0.25, -0.2) is 0 Å². The molecule has 0 unspecified atom stereocenters. The maximum absolute atomic E-state index is 2.55. The van der Waals surface area contributed by atoms with Crippen LogP contribution in [0.2, 0.25) is 19.6 Å². The summed E-state index contributed by atoms with van der Waals surface area (Å²) >= 11 is 3.97. The molecule has 2 heterocycles. The smallest absolute Gasteiger partial charge is 0.0788 e. The van der Waals surface area contributed by atoms with Crippen LogP contribution in [-0.2, 0) is 6.42 Å². The monoisotopic (exact) mass is 508 g/mol. The van der Waals surface area contributed by atoms with Gasteiger partial charge in [-0.1, -0.05) is 106 Å². The van der Waals surface area contributed by atoms with E-state index < -0.39 is 8.07 Å². The van der Waals surface area contributed by atoms with Crippen LogP contribution < -0.4 is 5.19 Å². The fraction of sp³-hybridized carbons (Fsp3) is 0.250. The topological polar surface area (TPSA) is 0 Å². The van der Waals surface area contributed by atoms with Gasteiger partial charge in [0.1, 0.15) is 0 Å². The fourth-order valence-electron chi connectivity index (χ4n) is 5.82. The van der Waals surface area contributed by atoms with Crippen LogP contribution in [-0.4, -0.2) is 8.07 Å². The van der Waals surface area contributed by atoms with Gasteiger partial charge in [0, 0.05) is 30.0 Å². The molecular weight excluding hydrogens is 477 g/mol. The van der Waals surface area contributed by atoms with Gasteiger partial charge in [-0.3, -0.25) is 0 Å². The third-order valence-electron chi connectivity index (χ3n) is 7.23. The second kappa shape index (κ2) is 8.96. The molecule has 0 radical (unpaired) electrons. The highest BCUT2D eigenvalue weighted by molar-refractivity contribution is 7.99. The summed E-state index contributed by atoms with van der Waals surface area (Å²) in [6.45, 7) is 9.97. The van der Waals surface area contributed by atoms with E-state index in [1.807, 2.05) is 23.1 Å². The molecule has 0 saturated heterocycles. The van der Waals surface area contributed by atoms with E-state index in [0.717, 1.165) is 0 Å². The first-order chi connectivity index (χ1) is 17.0. The minimum Gasteiger partial charge on any atom is -0.135 e. The van der Waals surface area contributed by atoms with E-state index in [1.54, 1.807) is 10.8 Å². The molecule has 0 fully saturated rings. The van der Waals surface area contributed by atoms with Gasteiger partial charge in [-0.2, -0.15) is 0 Å². The first-order valence-electron chi connectivity index (χ1n) is 12.9. The Morgan fingerprint density at radius 1 is 0.714 bits per heavy atom. The second-order valence-electron chi connectivity index (χ2n) is 10.7. The molecule has 0 amide bonds. The van der Waals surface area contributed by atoms with Crippen LogP contribution in [0.15, 0.2) is 82.6 Å². The molecule has 1 aromatic heterocycles. The molecule has 176 valence electrons. The fourth-order valence-corrected chi connectivity index (χ4v) is 10.5. The lowest BCUT2D eigenvalue weighted by molar-refractivity contribution is 0.721.